The van der Waals surface area contributed by atoms with E-state index in [0.29, 0.717) is 0 Å². The lowest BCUT2D eigenvalue weighted by molar-refractivity contribution is -0.129. The second-order valence-corrected chi connectivity index (χ2v) is 2.57. The van der Waals surface area contributed by atoms with Crippen molar-refractivity contribution in [2.24, 2.45) is 0 Å². The summed E-state index contributed by atoms with van der Waals surface area (Å²) in [7, 11) is 0. The first-order chi connectivity index (χ1) is 4.30. The minimum atomic E-state index is 0. The van der Waals surface area contributed by atoms with E-state index < -0.39 is 0 Å². The van der Waals surface area contributed by atoms with Crippen molar-refractivity contribution in [2.75, 3.05) is 13.1 Å². The number of carbonyl (C=O) groups is 1. The van der Waals surface area contributed by atoms with Gasteiger partial charge in [-0.25, -0.2) is 0 Å². The second kappa shape index (κ2) is 4.28. The molecule has 10 heavy (non-hydrogen) atoms. The standard InChI is InChI=1S/C7H13NO.H3N/c1-7(9)8-5-3-2-4-6-8;/h2-6H2,1H3;1H3. The molecular formula is C7H16N2O. The molecule has 1 amide bonds. The van der Waals surface area contributed by atoms with E-state index in [4.69, 9.17) is 0 Å². The van der Waals surface area contributed by atoms with Gasteiger partial charge in [0.1, 0.15) is 0 Å². The van der Waals surface area contributed by atoms with Gasteiger partial charge in [-0.3, -0.25) is 4.79 Å². The Kier molecular flexibility index (Phi) is 4.03. The summed E-state index contributed by atoms with van der Waals surface area (Å²) < 4.78 is 0. The predicted octanol–water partition coefficient (Wildman–Crippen LogP) is 1.18. The van der Waals surface area contributed by atoms with Crippen LogP contribution in [0.2, 0.25) is 0 Å². The molecule has 0 aromatic rings. The van der Waals surface area contributed by atoms with Crippen LogP contribution in [0.5, 0.6) is 0 Å². The third kappa shape index (κ3) is 2.35. The number of hydrogen-bond acceptors (Lipinski definition) is 2. The molecule has 0 aromatic heterocycles. The van der Waals surface area contributed by atoms with E-state index in [2.05, 4.69) is 0 Å². The molecule has 0 atom stereocenters. The Hall–Kier alpha value is -0.570. The molecule has 3 N–H and O–H groups in total. The average molecular weight is 144 g/mol. The van der Waals surface area contributed by atoms with Gasteiger partial charge in [0.2, 0.25) is 5.91 Å². The van der Waals surface area contributed by atoms with Gasteiger partial charge in [0.15, 0.2) is 0 Å². The predicted molar refractivity (Wildman–Crippen MR) is 41.1 cm³/mol. The zero-order valence-electron chi connectivity index (χ0n) is 6.60. The van der Waals surface area contributed by atoms with Crippen LogP contribution >= 0.6 is 0 Å². The Morgan fingerprint density at radius 1 is 1.20 bits per heavy atom. The molecule has 1 saturated heterocycles. The van der Waals surface area contributed by atoms with Gasteiger partial charge in [-0.1, -0.05) is 0 Å². The first-order valence-corrected chi connectivity index (χ1v) is 3.56. The van der Waals surface area contributed by atoms with E-state index in [1.54, 1.807) is 6.92 Å². The summed E-state index contributed by atoms with van der Waals surface area (Å²) in [4.78, 5) is 12.6. The summed E-state index contributed by atoms with van der Waals surface area (Å²) in [5, 5.41) is 0. The fourth-order valence-electron chi connectivity index (χ4n) is 1.21. The monoisotopic (exact) mass is 144 g/mol. The summed E-state index contributed by atoms with van der Waals surface area (Å²) in [6.07, 6.45) is 3.68. The highest BCUT2D eigenvalue weighted by Crippen LogP contribution is 2.07. The largest absolute Gasteiger partial charge is 0.344 e. The number of nitrogens with zero attached hydrogens (tertiary/aromatic N) is 1. The average Bonchev–Trinajstić information content (AvgIpc) is 1.90. The first-order valence-electron chi connectivity index (χ1n) is 3.56. The zero-order valence-corrected chi connectivity index (χ0v) is 6.60. The minimum Gasteiger partial charge on any atom is -0.344 e. The number of likely N-dealkylation sites (tertiary alicyclic amines) is 1. The normalized spacial score (nSPS) is 17.9. The van der Waals surface area contributed by atoms with Crippen molar-refractivity contribution in [3.05, 3.63) is 0 Å². The van der Waals surface area contributed by atoms with E-state index in [1.807, 2.05) is 4.90 Å². The van der Waals surface area contributed by atoms with Gasteiger partial charge in [-0.15, -0.1) is 0 Å². The van der Waals surface area contributed by atoms with Gasteiger partial charge in [0.05, 0.1) is 0 Å². The van der Waals surface area contributed by atoms with Crippen molar-refractivity contribution in [3.63, 3.8) is 0 Å². The van der Waals surface area contributed by atoms with E-state index in [9.17, 15) is 4.79 Å². The third-order valence-corrected chi connectivity index (χ3v) is 1.80. The van der Waals surface area contributed by atoms with E-state index in [-0.39, 0.29) is 12.1 Å². The third-order valence-electron chi connectivity index (χ3n) is 1.80. The van der Waals surface area contributed by atoms with Crippen molar-refractivity contribution in [2.45, 2.75) is 26.2 Å². The lowest BCUT2D eigenvalue weighted by atomic mass is 10.1. The van der Waals surface area contributed by atoms with Crippen LogP contribution in [0.4, 0.5) is 0 Å². The maximum atomic E-state index is 10.7. The Morgan fingerprint density at radius 2 is 1.70 bits per heavy atom. The van der Waals surface area contributed by atoms with Crippen LogP contribution in [0.15, 0.2) is 0 Å². The zero-order chi connectivity index (χ0) is 6.69. The smallest absolute Gasteiger partial charge is 0.219 e. The Morgan fingerprint density at radius 3 is 2.00 bits per heavy atom. The van der Waals surface area contributed by atoms with Gasteiger partial charge < -0.3 is 11.1 Å². The summed E-state index contributed by atoms with van der Waals surface area (Å²) in [6.45, 7) is 3.61. The summed E-state index contributed by atoms with van der Waals surface area (Å²) in [6, 6.07) is 0. The maximum absolute atomic E-state index is 10.7. The van der Waals surface area contributed by atoms with E-state index in [1.165, 1.54) is 19.3 Å². The van der Waals surface area contributed by atoms with Gasteiger partial charge in [0, 0.05) is 20.0 Å². The van der Waals surface area contributed by atoms with Gasteiger partial charge in [-0.2, -0.15) is 0 Å². The maximum Gasteiger partial charge on any atom is 0.219 e. The van der Waals surface area contributed by atoms with Gasteiger partial charge >= 0.3 is 0 Å². The number of hydrogen-bond donors (Lipinski definition) is 1. The molecule has 0 spiro atoms. The Bertz CT molecular complexity index is 108. The molecule has 1 rings (SSSR count). The van der Waals surface area contributed by atoms with Crippen LogP contribution in [0.1, 0.15) is 26.2 Å². The van der Waals surface area contributed by atoms with Crippen molar-refractivity contribution >= 4 is 5.91 Å². The SMILES string of the molecule is CC(=O)N1CCCCC1.N. The topological polar surface area (TPSA) is 55.3 Å². The fourth-order valence-corrected chi connectivity index (χ4v) is 1.21. The molecule has 3 nitrogen and oxygen atoms in total. The van der Waals surface area contributed by atoms with Crippen LogP contribution in [0, 0.1) is 0 Å². The van der Waals surface area contributed by atoms with Crippen LogP contribution in [-0.4, -0.2) is 23.9 Å². The van der Waals surface area contributed by atoms with Crippen LogP contribution in [-0.2, 0) is 4.79 Å². The lowest BCUT2D eigenvalue weighted by Gasteiger charge is -2.24. The molecule has 3 heteroatoms. The van der Waals surface area contributed by atoms with Crippen LogP contribution < -0.4 is 6.15 Å². The second-order valence-electron chi connectivity index (χ2n) is 2.57. The first kappa shape index (κ1) is 9.43. The highest BCUT2D eigenvalue weighted by molar-refractivity contribution is 5.73. The van der Waals surface area contributed by atoms with Crippen molar-refractivity contribution in [1.29, 1.82) is 0 Å². The van der Waals surface area contributed by atoms with Crippen molar-refractivity contribution in [1.82, 2.24) is 11.1 Å². The molecule has 1 fully saturated rings. The van der Waals surface area contributed by atoms with Crippen LogP contribution in [0.25, 0.3) is 0 Å². The molecule has 0 aromatic carbocycles. The lowest BCUT2D eigenvalue weighted by Crippen LogP contribution is -2.33. The molecule has 1 heterocycles. The highest BCUT2D eigenvalue weighted by Gasteiger charge is 2.10. The van der Waals surface area contributed by atoms with E-state index in [0.717, 1.165) is 13.1 Å². The van der Waals surface area contributed by atoms with Crippen LogP contribution in [0.3, 0.4) is 0 Å². The quantitative estimate of drug-likeness (QED) is 0.555. The number of amides is 1. The molecule has 0 saturated carbocycles. The molecule has 1 aliphatic heterocycles. The molecule has 0 bridgehead atoms. The summed E-state index contributed by atoms with van der Waals surface area (Å²) >= 11 is 0. The molecular weight excluding hydrogens is 128 g/mol. The fraction of sp³-hybridized carbons (Fsp3) is 0.857. The van der Waals surface area contributed by atoms with Gasteiger partial charge in [0.25, 0.3) is 0 Å². The number of carbonyl (C=O) groups excluding carboxylic acids is 1. The molecule has 1 aliphatic rings. The Balaban J connectivity index is 0.000000810. The number of piperidine rings is 1. The molecule has 0 radical (unpaired) electrons. The number of rotatable bonds is 0. The molecule has 0 unspecified atom stereocenters. The summed E-state index contributed by atoms with van der Waals surface area (Å²) in [5.41, 5.74) is 0. The Labute approximate surface area is 62.0 Å². The molecule has 60 valence electrons. The molecule has 0 aliphatic carbocycles. The van der Waals surface area contributed by atoms with Crippen molar-refractivity contribution < 1.29 is 4.79 Å². The summed E-state index contributed by atoms with van der Waals surface area (Å²) in [5.74, 6) is 0.231. The minimum absolute atomic E-state index is 0. The highest BCUT2D eigenvalue weighted by atomic mass is 16.2. The van der Waals surface area contributed by atoms with E-state index >= 15 is 0 Å². The van der Waals surface area contributed by atoms with Crippen molar-refractivity contribution in [3.8, 4) is 0 Å². The van der Waals surface area contributed by atoms with Gasteiger partial charge in [-0.05, 0) is 19.3 Å².